The predicted molar refractivity (Wildman–Crippen MR) is 92.7 cm³/mol. The van der Waals surface area contributed by atoms with E-state index in [1.807, 2.05) is 12.1 Å². The lowest BCUT2D eigenvalue weighted by atomic mass is 10.0. The van der Waals surface area contributed by atoms with E-state index in [9.17, 15) is 14.0 Å². The predicted octanol–water partition coefficient (Wildman–Crippen LogP) is 3.62. The van der Waals surface area contributed by atoms with Gasteiger partial charge in [-0.2, -0.15) is 0 Å². The van der Waals surface area contributed by atoms with E-state index in [4.69, 9.17) is 0 Å². The fourth-order valence-electron chi connectivity index (χ4n) is 2.45. The van der Waals surface area contributed by atoms with Gasteiger partial charge in [0, 0.05) is 22.3 Å². The number of rotatable bonds is 5. The lowest BCUT2D eigenvalue weighted by Gasteiger charge is -2.15. The molecule has 0 unspecified atom stereocenters. The van der Waals surface area contributed by atoms with Crippen LogP contribution in [0, 0.1) is 11.2 Å². The Hall–Kier alpha value is -2.21. The summed E-state index contributed by atoms with van der Waals surface area (Å²) in [6.45, 7) is 0.0683. The first-order valence-electron chi connectivity index (χ1n) is 7.60. The van der Waals surface area contributed by atoms with Crippen LogP contribution in [0.3, 0.4) is 0 Å². The molecule has 4 nitrogen and oxygen atoms in total. The summed E-state index contributed by atoms with van der Waals surface area (Å²) in [4.78, 5) is 24.8. The van der Waals surface area contributed by atoms with Gasteiger partial charge in [0.1, 0.15) is 11.2 Å². The first-order valence-corrected chi connectivity index (χ1v) is 8.39. The number of carbonyl (C=O) groups excluding carboxylic acids is 2. The van der Waals surface area contributed by atoms with Crippen LogP contribution in [0.15, 0.2) is 53.0 Å². The summed E-state index contributed by atoms with van der Waals surface area (Å²) in [5, 5.41) is 5.44. The minimum atomic E-state index is -1.04. The van der Waals surface area contributed by atoms with E-state index < -0.39 is 5.41 Å². The molecule has 0 spiro atoms. The second-order valence-corrected chi connectivity index (χ2v) is 6.73. The van der Waals surface area contributed by atoms with Gasteiger partial charge in [-0.15, -0.1) is 0 Å². The van der Waals surface area contributed by atoms with Crippen molar-refractivity contribution in [1.29, 1.82) is 0 Å². The zero-order valence-electron chi connectivity index (χ0n) is 12.8. The van der Waals surface area contributed by atoms with Crippen LogP contribution in [0.2, 0.25) is 0 Å². The number of anilines is 1. The second kappa shape index (κ2) is 6.73. The largest absolute Gasteiger partial charge is 0.351 e. The van der Waals surface area contributed by atoms with Gasteiger partial charge in [-0.05, 0) is 43.2 Å². The van der Waals surface area contributed by atoms with E-state index in [0.717, 1.165) is 4.47 Å². The third-order valence-corrected chi connectivity index (χ3v) is 4.65. The van der Waals surface area contributed by atoms with Crippen molar-refractivity contribution in [2.24, 2.45) is 5.41 Å². The monoisotopic (exact) mass is 390 g/mol. The van der Waals surface area contributed by atoms with E-state index in [-0.39, 0.29) is 24.2 Å². The summed E-state index contributed by atoms with van der Waals surface area (Å²) in [5.74, 6) is -1.06. The van der Waals surface area contributed by atoms with Crippen LogP contribution in [-0.2, 0) is 16.1 Å². The maximum absolute atomic E-state index is 13.6. The Labute approximate surface area is 147 Å². The Balaban J connectivity index is 1.62. The van der Waals surface area contributed by atoms with Gasteiger partial charge in [0.05, 0.1) is 0 Å². The topological polar surface area (TPSA) is 58.2 Å². The van der Waals surface area contributed by atoms with Crippen molar-refractivity contribution >= 4 is 33.4 Å². The number of benzene rings is 2. The number of halogens is 2. The summed E-state index contributed by atoms with van der Waals surface area (Å²) in [5.41, 5.74) is -0.00967. The lowest BCUT2D eigenvalue weighted by Crippen LogP contribution is -2.39. The van der Waals surface area contributed by atoms with Gasteiger partial charge in [0.15, 0.2) is 0 Å². The summed E-state index contributed by atoms with van der Waals surface area (Å²) in [6, 6.07) is 13.4. The normalized spacial score (nSPS) is 14.8. The summed E-state index contributed by atoms with van der Waals surface area (Å²) >= 11 is 3.33. The van der Waals surface area contributed by atoms with Gasteiger partial charge in [-0.25, -0.2) is 4.39 Å². The second-order valence-electron chi connectivity index (χ2n) is 5.82. The minimum absolute atomic E-state index is 0.0683. The number of carbonyl (C=O) groups is 2. The molecule has 6 heteroatoms. The van der Waals surface area contributed by atoms with Crippen molar-refractivity contribution in [3.8, 4) is 0 Å². The third-order valence-electron chi connectivity index (χ3n) is 4.12. The minimum Gasteiger partial charge on any atom is -0.351 e. The zero-order chi connectivity index (χ0) is 17.2. The first-order chi connectivity index (χ1) is 11.5. The number of nitrogens with one attached hydrogen (secondary N) is 2. The molecule has 1 aliphatic carbocycles. The molecule has 1 aliphatic rings. The van der Waals surface area contributed by atoms with Crippen molar-refractivity contribution in [1.82, 2.24) is 5.32 Å². The SMILES string of the molecule is O=C(NCc1ccccc1F)C1(C(=O)Nc2ccc(Br)cc2)CC1. The van der Waals surface area contributed by atoms with Gasteiger partial charge in [-0.1, -0.05) is 34.1 Å². The molecule has 0 atom stereocenters. The molecule has 1 saturated carbocycles. The standard InChI is InChI=1S/C18H16BrFN2O2/c19-13-5-7-14(8-6-13)22-17(24)18(9-10-18)16(23)21-11-12-3-1-2-4-15(12)20/h1-8H,9-11H2,(H,21,23)(H,22,24). The van der Waals surface area contributed by atoms with Crippen molar-refractivity contribution in [2.45, 2.75) is 19.4 Å². The molecule has 2 aromatic rings. The Morgan fingerprint density at radius 3 is 2.33 bits per heavy atom. The van der Waals surface area contributed by atoms with Crippen molar-refractivity contribution in [3.63, 3.8) is 0 Å². The molecular weight excluding hydrogens is 375 g/mol. The van der Waals surface area contributed by atoms with Gasteiger partial charge in [0.2, 0.25) is 11.8 Å². The van der Waals surface area contributed by atoms with Crippen molar-refractivity contribution in [2.75, 3.05) is 5.32 Å². The molecule has 0 saturated heterocycles. The quantitative estimate of drug-likeness (QED) is 0.765. The molecular formula is C18H16BrFN2O2. The van der Waals surface area contributed by atoms with Gasteiger partial charge in [-0.3, -0.25) is 9.59 Å². The van der Waals surface area contributed by atoms with E-state index in [2.05, 4.69) is 26.6 Å². The maximum atomic E-state index is 13.6. The zero-order valence-corrected chi connectivity index (χ0v) is 14.4. The number of hydrogen-bond acceptors (Lipinski definition) is 2. The van der Waals surface area contributed by atoms with Gasteiger partial charge < -0.3 is 10.6 Å². The summed E-state index contributed by atoms with van der Waals surface area (Å²) in [6.07, 6.45) is 0.997. The van der Waals surface area contributed by atoms with E-state index in [1.54, 1.807) is 30.3 Å². The fourth-order valence-corrected chi connectivity index (χ4v) is 2.72. The molecule has 2 aromatic carbocycles. The Morgan fingerprint density at radius 2 is 1.71 bits per heavy atom. The highest BCUT2D eigenvalue weighted by Crippen LogP contribution is 2.47. The van der Waals surface area contributed by atoms with E-state index >= 15 is 0 Å². The Morgan fingerprint density at radius 1 is 1.04 bits per heavy atom. The van der Waals surface area contributed by atoms with Crippen molar-refractivity contribution < 1.29 is 14.0 Å². The molecule has 24 heavy (non-hydrogen) atoms. The van der Waals surface area contributed by atoms with E-state index in [0.29, 0.717) is 24.1 Å². The Bertz CT molecular complexity index is 773. The Kier molecular flexibility index (Phi) is 4.66. The molecule has 0 radical (unpaired) electrons. The lowest BCUT2D eigenvalue weighted by molar-refractivity contribution is -0.134. The van der Waals surface area contributed by atoms with Crippen LogP contribution in [0.4, 0.5) is 10.1 Å². The molecule has 0 aromatic heterocycles. The van der Waals surface area contributed by atoms with Crippen LogP contribution in [0.25, 0.3) is 0 Å². The highest BCUT2D eigenvalue weighted by molar-refractivity contribution is 9.10. The average molecular weight is 391 g/mol. The van der Waals surface area contributed by atoms with Crippen molar-refractivity contribution in [3.05, 3.63) is 64.4 Å². The molecule has 2 N–H and O–H groups in total. The average Bonchev–Trinajstić information content (AvgIpc) is 3.38. The summed E-state index contributed by atoms with van der Waals surface area (Å²) in [7, 11) is 0. The number of amides is 2. The van der Waals surface area contributed by atoms with Crippen LogP contribution >= 0.6 is 15.9 Å². The molecule has 0 heterocycles. The van der Waals surface area contributed by atoms with Crippen LogP contribution in [-0.4, -0.2) is 11.8 Å². The van der Waals surface area contributed by atoms with Crippen LogP contribution < -0.4 is 10.6 Å². The highest BCUT2D eigenvalue weighted by atomic mass is 79.9. The molecule has 1 fully saturated rings. The third kappa shape index (κ3) is 3.48. The van der Waals surface area contributed by atoms with E-state index in [1.165, 1.54) is 6.07 Å². The summed E-state index contributed by atoms with van der Waals surface area (Å²) < 4.78 is 14.5. The molecule has 3 rings (SSSR count). The molecule has 0 bridgehead atoms. The fraction of sp³-hybridized carbons (Fsp3) is 0.222. The van der Waals surface area contributed by atoms with Crippen LogP contribution in [0.5, 0.6) is 0 Å². The smallest absolute Gasteiger partial charge is 0.240 e. The van der Waals surface area contributed by atoms with Crippen LogP contribution in [0.1, 0.15) is 18.4 Å². The highest BCUT2D eigenvalue weighted by Gasteiger charge is 2.56. The molecule has 2 amide bonds. The van der Waals surface area contributed by atoms with Gasteiger partial charge >= 0.3 is 0 Å². The first kappa shape index (κ1) is 16.6. The number of hydrogen-bond donors (Lipinski definition) is 2. The molecule has 124 valence electrons. The maximum Gasteiger partial charge on any atom is 0.240 e. The molecule has 0 aliphatic heterocycles. The van der Waals surface area contributed by atoms with Gasteiger partial charge in [0.25, 0.3) is 0 Å².